The first-order valence-corrected chi connectivity index (χ1v) is 15.0. The van der Waals surface area contributed by atoms with Gasteiger partial charge in [-0.25, -0.2) is 0 Å². The summed E-state index contributed by atoms with van der Waals surface area (Å²) < 4.78 is 0.841. The third kappa shape index (κ3) is 6.27. The van der Waals surface area contributed by atoms with Gasteiger partial charge in [0.15, 0.2) is 0 Å². The third-order valence-electron chi connectivity index (χ3n) is 7.42. The summed E-state index contributed by atoms with van der Waals surface area (Å²) in [5.41, 5.74) is 11.3. The van der Waals surface area contributed by atoms with Gasteiger partial charge < -0.3 is 26.3 Å². The number of nitrogens with zero attached hydrogens (tertiary/aromatic N) is 1. The lowest BCUT2D eigenvalue weighted by Gasteiger charge is -2.27. The molecule has 0 spiro atoms. The average Bonchev–Trinajstić information content (AvgIpc) is 3.22. The number of nitrogens with one attached hydrogen (secondary N) is 3. The first kappa shape index (κ1) is 29.5. The van der Waals surface area contributed by atoms with Crippen LogP contribution in [0.1, 0.15) is 55.1 Å². The molecule has 3 aromatic carbocycles. The number of hydrogen-bond acceptors (Lipinski definition) is 4. The molecule has 1 aliphatic heterocycles. The Balaban J connectivity index is 1.48. The van der Waals surface area contributed by atoms with Gasteiger partial charge in [-0.3, -0.25) is 14.4 Å². The number of amides is 3. The molecule has 1 unspecified atom stereocenters. The smallest absolute Gasteiger partial charge is 0.251 e. The van der Waals surface area contributed by atoms with Gasteiger partial charge in [-0.2, -0.15) is 0 Å². The van der Waals surface area contributed by atoms with Crippen LogP contribution in [0.2, 0.25) is 0 Å². The van der Waals surface area contributed by atoms with Crippen molar-refractivity contribution in [2.75, 3.05) is 11.4 Å². The molecule has 0 bridgehead atoms. The van der Waals surface area contributed by atoms with E-state index in [1.54, 1.807) is 18.7 Å². The molecule has 0 saturated carbocycles. The van der Waals surface area contributed by atoms with Crippen molar-refractivity contribution in [1.29, 1.82) is 0 Å². The van der Waals surface area contributed by atoms with E-state index in [9.17, 15) is 14.4 Å². The number of nitrogens with two attached hydrogens (primary N) is 1. The summed E-state index contributed by atoms with van der Waals surface area (Å²) in [6, 6.07) is 20.8. The summed E-state index contributed by atoms with van der Waals surface area (Å²) in [7, 11) is 0. The van der Waals surface area contributed by atoms with Gasteiger partial charge in [0.1, 0.15) is 6.04 Å². The number of fused-ring (bicyclic) bond motifs is 2. The highest BCUT2D eigenvalue weighted by molar-refractivity contribution is 9.10. The van der Waals surface area contributed by atoms with E-state index in [0.29, 0.717) is 31.5 Å². The van der Waals surface area contributed by atoms with Crippen molar-refractivity contribution in [2.45, 2.75) is 58.2 Å². The fourth-order valence-electron chi connectivity index (χ4n) is 5.50. The van der Waals surface area contributed by atoms with E-state index in [0.717, 1.165) is 43.4 Å². The summed E-state index contributed by atoms with van der Waals surface area (Å²) in [4.78, 5) is 44.6. The van der Waals surface area contributed by atoms with Crippen molar-refractivity contribution in [2.24, 2.45) is 5.73 Å². The van der Waals surface area contributed by atoms with Gasteiger partial charge in [0.05, 0.1) is 16.7 Å². The Morgan fingerprint density at radius 3 is 2.60 bits per heavy atom. The minimum Gasteiger partial charge on any atom is -0.354 e. The number of anilines is 1. The van der Waals surface area contributed by atoms with Crippen LogP contribution >= 0.6 is 15.9 Å². The second-order valence-corrected chi connectivity index (χ2v) is 12.3. The topological polar surface area (TPSA) is 120 Å². The van der Waals surface area contributed by atoms with Crippen LogP contribution in [0.4, 0.5) is 5.69 Å². The van der Waals surface area contributed by atoms with E-state index in [1.165, 1.54) is 0 Å². The second kappa shape index (κ2) is 12.1. The van der Waals surface area contributed by atoms with Crippen molar-refractivity contribution in [3.8, 4) is 11.3 Å². The largest absolute Gasteiger partial charge is 0.354 e. The molecule has 0 saturated heterocycles. The van der Waals surface area contributed by atoms with Gasteiger partial charge in [0.25, 0.3) is 5.91 Å². The lowest BCUT2D eigenvalue weighted by atomic mass is 10.0. The number of aryl methyl sites for hydroxylation is 1. The molecule has 9 heteroatoms. The molecule has 1 aliphatic rings. The maximum atomic E-state index is 13.9. The molecule has 0 fully saturated rings. The van der Waals surface area contributed by atoms with Gasteiger partial charge in [-0.1, -0.05) is 42.5 Å². The highest BCUT2D eigenvalue weighted by Gasteiger charge is 2.32. The number of H-pyrrole nitrogens is 1. The minimum absolute atomic E-state index is 0.130. The molecule has 2 heterocycles. The number of halogens is 1. The zero-order chi connectivity index (χ0) is 30.0. The van der Waals surface area contributed by atoms with Crippen molar-refractivity contribution in [3.05, 3.63) is 87.9 Å². The van der Waals surface area contributed by atoms with Crippen LogP contribution < -0.4 is 21.3 Å². The minimum atomic E-state index is -0.668. The predicted octanol–water partition coefficient (Wildman–Crippen LogP) is 5.44. The van der Waals surface area contributed by atoms with E-state index in [-0.39, 0.29) is 24.1 Å². The van der Waals surface area contributed by atoms with Crippen LogP contribution in [-0.2, 0) is 22.6 Å². The number of rotatable bonds is 8. The van der Waals surface area contributed by atoms with Crippen LogP contribution in [0.5, 0.6) is 0 Å². The zero-order valence-corrected chi connectivity index (χ0v) is 25.7. The van der Waals surface area contributed by atoms with Gasteiger partial charge in [-0.05, 0) is 84.9 Å². The Labute approximate surface area is 254 Å². The fraction of sp³-hybridized carbons (Fsp3) is 0.303. The Hall–Kier alpha value is -3.95. The highest BCUT2D eigenvalue weighted by atomic mass is 79.9. The number of hydrogen-bond donors (Lipinski definition) is 4. The van der Waals surface area contributed by atoms with Crippen LogP contribution in [0.3, 0.4) is 0 Å². The summed E-state index contributed by atoms with van der Waals surface area (Å²) in [6.45, 7) is 6.36. The van der Waals surface area contributed by atoms with Gasteiger partial charge in [0, 0.05) is 46.2 Å². The highest BCUT2D eigenvalue weighted by Crippen LogP contribution is 2.37. The third-order valence-corrected chi connectivity index (χ3v) is 8.24. The predicted molar refractivity (Wildman–Crippen MR) is 170 cm³/mol. The van der Waals surface area contributed by atoms with E-state index in [2.05, 4.69) is 37.6 Å². The molecule has 1 atom stereocenters. The SMILES string of the molecule is CCNC(=O)c1ccccc1-c1[nH]c2ccc(CN3C(=O)C(NC(=O)CC(C)(C)N)CCc4ccccc43)cc2c1Br. The molecule has 3 amide bonds. The maximum Gasteiger partial charge on any atom is 0.251 e. The summed E-state index contributed by atoms with van der Waals surface area (Å²) >= 11 is 3.78. The summed E-state index contributed by atoms with van der Waals surface area (Å²) in [5.74, 6) is -0.507. The normalized spacial score (nSPS) is 15.3. The van der Waals surface area contributed by atoms with Crippen LogP contribution in [-0.4, -0.2) is 40.8 Å². The molecule has 5 N–H and O–H groups in total. The molecule has 5 rings (SSSR count). The molecular weight excluding hydrogens is 594 g/mol. The molecule has 0 radical (unpaired) electrons. The van der Waals surface area contributed by atoms with Gasteiger partial charge in [0.2, 0.25) is 11.8 Å². The Morgan fingerprint density at radius 2 is 1.83 bits per heavy atom. The average molecular weight is 631 g/mol. The quantitative estimate of drug-likeness (QED) is 0.207. The van der Waals surface area contributed by atoms with E-state index in [4.69, 9.17) is 5.73 Å². The van der Waals surface area contributed by atoms with E-state index in [1.807, 2.05) is 67.6 Å². The lowest BCUT2D eigenvalue weighted by molar-refractivity contribution is -0.128. The number of aromatic nitrogens is 1. The van der Waals surface area contributed by atoms with E-state index >= 15 is 0 Å². The van der Waals surface area contributed by atoms with Crippen molar-refractivity contribution < 1.29 is 14.4 Å². The van der Waals surface area contributed by atoms with Crippen molar-refractivity contribution in [1.82, 2.24) is 15.6 Å². The molecule has 218 valence electrons. The Kier molecular flexibility index (Phi) is 8.52. The molecule has 1 aromatic heterocycles. The second-order valence-electron chi connectivity index (χ2n) is 11.5. The number of benzene rings is 3. The Bertz CT molecular complexity index is 1660. The lowest BCUT2D eigenvalue weighted by Crippen LogP contribution is -2.49. The van der Waals surface area contributed by atoms with Crippen LogP contribution in [0, 0.1) is 0 Å². The summed E-state index contributed by atoms with van der Waals surface area (Å²) in [6.07, 6.45) is 1.32. The van der Waals surface area contributed by atoms with Crippen LogP contribution in [0.15, 0.2) is 71.2 Å². The number of aromatic amines is 1. The summed E-state index contributed by atoms with van der Waals surface area (Å²) in [5, 5.41) is 6.77. The number of para-hydroxylation sites is 1. The Morgan fingerprint density at radius 1 is 1.10 bits per heavy atom. The first-order chi connectivity index (χ1) is 20.1. The van der Waals surface area contributed by atoms with Crippen LogP contribution in [0.25, 0.3) is 22.2 Å². The van der Waals surface area contributed by atoms with Crippen molar-refractivity contribution in [3.63, 3.8) is 0 Å². The number of carbonyl (C=O) groups excluding carboxylic acids is 3. The monoisotopic (exact) mass is 629 g/mol. The van der Waals surface area contributed by atoms with Crippen molar-refractivity contribution >= 4 is 50.2 Å². The standard InChI is InChI=1S/C33H36BrN5O3/c1-4-36-31(41)23-11-7-6-10-22(23)30-29(34)24-17-20(13-15-25(24)38-30)19-39-27-12-8-5-9-21(27)14-16-26(32(39)42)37-28(40)18-33(2,3)35/h5-13,15,17,26,38H,4,14,16,18-19,35H2,1-3H3,(H,36,41)(H,37,40). The van der Waals surface area contributed by atoms with E-state index < -0.39 is 11.6 Å². The molecule has 0 aliphatic carbocycles. The van der Waals surface area contributed by atoms with Gasteiger partial charge >= 0.3 is 0 Å². The van der Waals surface area contributed by atoms with Gasteiger partial charge in [-0.15, -0.1) is 0 Å². The maximum absolute atomic E-state index is 13.9. The zero-order valence-electron chi connectivity index (χ0n) is 24.1. The molecule has 42 heavy (non-hydrogen) atoms. The molecule has 8 nitrogen and oxygen atoms in total. The number of carbonyl (C=O) groups is 3. The molecular formula is C33H36BrN5O3. The first-order valence-electron chi connectivity index (χ1n) is 14.2. The fourth-order valence-corrected chi connectivity index (χ4v) is 6.14. The molecule has 4 aromatic rings.